The van der Waals surface area contributed by atoms with Gasteiger partial charge in [0.25, 0.3) is 5.91 Å². The van der Waals surface area contributed by atoms with Crippen LogP contribution in [-0.4, -0.2) is 27.0 Å². The van der Waals surface area contributed by atoms with Crippen LogP contribution in [0.4, 0.5) is 0 Å². The third-order valence-corrected chi connectivity index (χ3v) is 5.02. The van der Waals surface area contributed by atoms with Crippen LogP contribution in [0.2, 0.25) is 0 Å². The van der Waals surface area contributed by atoms with Gasteiger partial charge in [0.15, 0.2) is 11.3 Å². The van der Waals surface area contributed by atoms with Gasteiger partial charge in [-0.1, -0.05) is 26.0 Å². The number of fused-ring (bicyclic) bond motifs is 2. The minimum atomic E-state index is -0.563. The Kier molecular flexibility index (Phi) is 4.27. The average Bonchev–Trinajstić information content (AvgIpc) is 3.02. The fourth-order valence-electron chi connectivity index (χ4n) is 2.81. The van der Waals surface area contributed by atoms with Crippen LogP contribution >= 0.6 is 11.8 Å². The summed E-state index contributed by atoms with van der Waals surface area (Å²) in [5, 5.41) is 15.7. The molecule has 8 heteroatoms. The van der Waals surface area contributed by atoms with Crippen molar-refractivity contribution >= 4 is 50.8 Å². The van der Waals surface area contributed by atoms with Crippen molar-refractivity contribution in [2.45, 2.75) is 20.3 Å². The second kappa shape index (κ2) is 6.62. The lowest BCUT2D eigenvalue weighted by Gasteiger charge is -2.20. The molecule has 0 radical (unpaired) electrons. The normalized spacial score (nSPS) is 18.3. The Morgan fingerprint density at radius 1 is 1.30 bits per heavy atom. The van der Waals surface area contributed by atoms with Gasteiger partial charge in [-0.25, -0.2) is 0 Å². The molecule has 0 saturated heterocycles. The number of hydrogen-bond donors (Lipinski definition) is 1. The number of amides is 1. The van der Waals surface area contributed by atoms with Crippen molar-refractivity contribution in [3.05, 3.63) is 51.9 Å². The van der Waals surface area contributed by atoms with Gasteiger partial charge in [0.2, 0.25) is 5.17 Å². The SMILES string of the molecule is CC(C)CC1=NN2C(=N)/C(=C/c3coc4ccccc4c3=O)C(=O)N=C2S1. The Hall–Kier alpha value is -3.00. The maximum absolute atomic E-state index is 12.6. The number of hydrazone groups is 1. The van der Waals surface area contributed by atoms with Gasteiger partial charge in [-0.3, -0.25) is 15.0 Å². The summed E-state index contributed by atoms with van der Waals surface area (Å²) in [6, 6.07) is 6.88. The van der Waals surface area contributed by atoms with E-state index in [-0.39, 0.29) is 22.4 Å². The third kappa shape index (κ3) is 3.12. The smallest absolute Gasteiger partial charge is 0.283 e. The Balaban J connectivity index is 1.74. The van der Waals surface area contributed by atoms with Gasteiger partial charge < -0.3 is 4.42 Å². The average molecular weight is 380 g/mol. The number of amidine groups is 2. The van der Waals surface area contributed by atoms with Crippen LogP contribution in [0.15, 0.2) is 55.4 Å². The standard InChI is InChI=1S/C19H16N4O3S/c1-10(2)7-15-22-23-17(20)13(18(25)21-19(23)27-15)8-11-9-26-14-6-4-3-5-12(14)16(11)24/h3-6,8-10,20H,7H2,1-2H3/b13-8-,20-17?. The number of thioether (sulfide) groups is 1. The highest BCUT2D eigenvalue weighted by Crippen LogP contribution is 2.30. The number of carbonyl (C=O) groups excluding carboxylic acids is 1. The van der Waals surface area contributed by atoms with Crippen LogP contribution in [0.5, 0.6) is 0 Å². The Bertz CT molecular complexity index is 1130. The molecule has 27 heavy (non-hydrogen) atoms. The fourth-order valence-corrected chi connectivity index (χ4v) is 3.91. The van der Waals surface area contributed by atoms with Crippen molar-refractivity contribution in [1.82, 2.24) is 5.01 Å². The number of aliphatic imine (C=N–C) groups is 1. The molecule has 2 aromatic rings. The van der Waals surface area contributed by atoms with Crippen molar-refractivity contribution in [3.63, 3.8) is 0 Å². The zero-order valence-electron chi connectivity index (χ0n) is 14.7. The summed E-state index contributed by atoms with van der Waals surface area (Å²) in [7, 11) is 0. The molecule has 4 rings (SSSR count). The van der Waals surface area contributed by atoms with Crippen LogP contribution in [0.1, 0.15) is 25.8 Å². The molecule has 7 nitrogen and oxygen atoms in total. The second-order valence-electron chi connectivity index (χ2n) is 6.63. The molecular formula is C19H16N4O3S. The number of nitrogens with one attached hydrogen (secondary N) is 1. The van der Waals surface area contributed by atoms with Crippen molar-refractivity contribution in [2.24, 2.45) is 16.0 Å². The highest BCUT2D eigenvalue weighted by molar-refractivity contribution is 8.26. The van der Waals surface area contributed by atoms with E-state index in [4.69, 9.17) is 9.83 Å². The molecule has 1 amide bonds. The molecule has 2 aliphatic rings. The van der Waals surface area contributed by atoms with E-state index in [0.29, 0.717) is 22.1 Å². The predicted molar refractivity (Wildman–Crippen MR) is 107 cm³/mol. The molecule has 3 heterocycles. The maximum Gasteiger partial charge on any atom is 0.283 e. The van der Waals surface area contributed by atoms with E-state index in [1.54, 1.807) is 24.3 Å². The number of benzene rings is 1. The monoisotopic (exact) mass is 380 g/mol. The molecule has 136 valence electrons. The first-order chi connectivity index (χ1) is 12.9. The first kappa shape index (κ1) is 17.4. The summed E-state index contributed by atoms with van der Waals surface area (Å²) in [4.78, 5) is 29.1. The van der Waals surface area contributed by atoms with Gasteiger partial charge >= 0.3 is 0 Å². The molecule has 0 bridgehead atoms. The molecule has 0 atom stereocenters. The molecule has 1 aromatic carbocycles. The van der Waals surface area contributed by atoms with Crippen LogP contribution in [0.3, 0.4) is 0 Å². The van der Waals surface area contributed by atoms with Crippen molar-refractivity contribution in [3.8, 4) is 0 Å². The van der Waals surface area contributed by atoms with E-state index in [1.807, 2.05) is 0 Å². The summed E-state index contributed by atoms with van der Waals surface area (Å²) in [6.45, 7) is 4.14. The summed E-state index contributed by atoms with van der Waals surface area (Å²) in [5.41, 5.74) is 0.406. The largest absolute Gasteiger partial charge is 0.463 e. The third-order valence-electron chi connectivity index (χ3n) is 4.09. The summed E-state index contributed by atoms with van der Waals surface area (Å²) in [6.07, 6.45) is 3.39. The van der Waals surface area contributed by atoms with Gasteiger partial charge in [0.05, 0.1) is 16.5 Å². The molecule has 0 fully saturated rings. The molecule has 1 N–H and O–H groups in total. The zero-order chi connectivity index (χ0) is 19.1. The molecule has 0 saturated carbocycles. The van der Waals surface area contributed by atoms with E-state index in [1.165, 1.54) is 29.1 Å². The Morgan fingerprint density at radius 2 is 2.07 bits per heavy atom. The highest BCUT2D eigenvalue weighted by atomic mass is 32.2. The first-order valence-electron chi connectivity index (χ1n) is 8.43. The van der Waals surface area contributed by atoms with Crippen LogP contribution < -0.4 is 5.43 Å². The number of carbonyl (C=O) groups is 1. The molecule has 2 aliphatic heterocycles. The quantitative estimate of drug-likeness (QED) is 0.822. The fraction of sp³-hybridized carbons (Fsp3) is 0.211. The van der Waals surface area contributed by atoms with Gasteiger partial charge in [-0.2, -0.15) is 15.1 Å². The van der Waals surface area contributed by atoms with Crippen molar-refractivity contribution < 1.29 is 9.21 Å². The van der Waals surface area contributed by atoms with E-state index in [2.05, 4.69) is 23.9 Å². The summed E-state index contributed by atoms with van der Waals surface area (Å²) >= 11 is 1.30. The van der Waals surface area contributed by atoms with E-state index in [0.717, 1.165) is 11.5 Å². The van der Waals surface area contributed by atoms with Gasteiger partial charge in [-0.15, -0.1) is 0 Å². The maximum atomic E-state index is 12.6. The number of para-hydroxylation sites is 1. The first-order valence-corrected chi connectivity index (χ1v) is 9.25. The minimum Gasteiger partial charge on any atom is -0.463 e. The van der Waals surface area contributed by atoms with Crippen molar-refractivity contribution in [2.75, 3.05) is 0 Å². The predicted octanol–water partition coefficient (Wildman–Crippen LogP) is 3.46. The van der Waals surface area contributed by atoms with E-state index < -0.39 is 5.91 Å². The highest BCUT2D eigenvalue weighted by Gasteiger charge is 2.35. The molecule has 0 spiro atoms. The topological polar surface area (TPSA) is 99.1 Å². The molecule has 0 unspecified atom stereocenters. The van der Waals surface area contributed by atoms with Gasteiger partial charge in [0, 0.05) is 6.42 Å². The lowest BCUT2D eigenvalue weighted by atomic mass is 10.1. The van der Waals surface area contributed by atoms with Gasteiger partial charge in [-0.05, 0) is 35.9 Å². The van der Waals surface area contributed by atoms with Gasteiger partial charge in [0.1, 0.15) is 16.9 Å². The number of nitrogens with zero attached hydrogens (tertiary/aromatic N) is 3. The lowest BCUT2D eigenvalue weighted by Crippen LogP contribution is -2.35. The number of rotatable bonds is 3. The Labute approximate surface area is 159 Å². The van der Waals surface area contributed by atoms with Crippen molar-refractivity contribution in [1.29, 1.82) is 5.41 Å². The summed E-state index contributed by atoms with van der Waals surface area (Å²) in [5.74, 6) is -0.253. The molecule has 0 aliphatic carbocycles. The van der Waals surface area contributed by atoms with E-state index in [9.17, 15) is 9.59 Å². The Morgan fingerprint density at radius 3 is 2.85 bits per heavy atom. The number of hydrogen-bond acceptors (Lipinski definition) is 6. The van der Waals surface area contributed by atoms with Crippen LogP contribution in [0.25, 0.3) is 17.0 Å². The van der Waals surface area contributed by atoms with E-state index >= 15 is 0 Å². The summed E-state index contributed by atoms with van der Waals surface area (Å²) < 4.78 is 5.48. The lowest BCUT2D eigenvalue weighted by molar-refractivity contribution is -0.114. The van der Waals surface area contributed by atoms with Crippen LogP contribution in [-0.2, 0) is 4.79 Å². The molecule has 1 aromatic heterocycles. The van der Waals surface area contributed by atoms with Crippen LogP contribution in [0, 0.1) is 11.3 Å². The molecular weight excluding hydrogens is 364 g/mol. The minimum absolute atomic E-state index is 0.0106. The second-order valence-corrected chi connectivity index (χ2v) is 7.67. The zero-order valence-corrected chi connectivity index (χ0v) is 15.5.